The quantitative estimate of drug-likeness (QED) is 0.667. The van der Waals surface area contributed by atoms with Crippen LogP contribution in [0.3, 0.4) is 0 Å². The Kier molecular flexibility index (Phi) is 7.27. The van der Waals surface area contributed by atoms with E-state index in [1.165, 1.54) is 0 Å². The van der Waals surface area contributed by atoms with Crippen molar-refractivity contribution in [2.45, 2.75) is 26.4 Å². The zero-order valence-electron chi connectivity index (χ0n) is 15.3. The van der Waals surface area contributed by atoms with E-state index in [0.717, 1.165) is 22.9 Å². The molecule has 5 heteroatoms. The fourth-order valence-electron chi connectivity index (χ4n) is 2.28. The molecule has 0 atom stereocenters. The third-order valence-corrected chi connectivity index (χ3v) is 4.19. The van der Waals surface area contributed by atoms with E-state index in [9.17, 15) is 9.18 Å². The Hall–Kier alpha value is -2.27. The van der Waals surface area contributed by atoms with Gasteiger partial charge in [0.1, 0.15) is 5.60 Å². The molecular formula is C21H24FNO2S. The first kappa shape index (κ1) is 20.0. The van der Waals surface area contributed by atoms with Gasteiger partial charge in [-0.3, -0.25) is 0 Å². The highest BCUT2D eigenvalue weighted by Crippen LogP contribution is 2.33. The predicted octanol–water partition coefficient (Wildman–Crippen LogP) is 5.63. The lowest BCUT2D eigenvalue weighted by Crippen LogP contribution is -2.33. The van der Waals surface area contributed by atoms with Crippen molar-refractivity contribution in [1.29, 1.82) is 0 Å². The molecule has 0 radical (unpaired) electrons. The smallest absolute Gasteiger partial charge is 0.407 e. The van der Waals surface area contributed by atoms with Crippen molar-refractivity contribution in [3.05, 3.63) is 76.9 Å². The number of carbonyl (C=O) groups excluding carboxylic acids is 1. The molecule has 1 amide bonds. The fraction of sp³-hybridized carbons (Fsp3) is 0.286. The highest BCUT2D eigenvalue weighted by atomic mass is 32.2. The summed E-state index contributed by atoms with van der Waals surface area (Å²) in [6, 6.07) is 18.9. The lowest BCUT2D eigenvalue weighted by molar-refractivity contribution is 0.0531. The summed E-state index contributed by atoms with van der Waals surface area (Å²) < 4.78 is 20.1. The number of ether oxygens (including phenoxy) is 1. The minimum absolute atomic E-state index is 0.270. The first-order valence-electron chi connectivity index (χ1n) is 8.47. The summed E-state index contributed by atoms with van der Waals surface area (Å²) >= 11 is 1.08. The van der Waals surface area contributed by atoms with Gasteiger partial charge in [0.2, 0.25) is 0 Å². The van der Waals surface area contributed by atoms with Gasteiger partial charge in [-0.05, 0) is 31.9 Å². The number of thioether (sulfide) groups is 1. The van der Waals surface area contributed by atoms with Crippen LogP contribution in [0, 0.1) is 0 Å². The Morgan fingerprint density at radius 2 is 1.50 bits per heavy atom. The van der Waals surface area contributed by atoms with E-state index < -0.39 is 11.7 Å². The van der Waals surface area contributed by atoms with Gasteiger partial charge in [-0.1, -0.05) is 72.4 Å². The second-order valence-electron chi connectivity index (χ2n) is 6.66. The van der Waals surface area contributed by atoms with Gasteiger partial charge >= 0.3 is 6.09 Å². The summed E-state index contributed by atoms with van der Waals surface area (Å²) in [5.74, 6) is 0.411. The summed E-state index contributed by atoms with van der Waals surface area (Å²) in [4.78, 5) is 11.6. The third kappa shape index (κ3) is 6.56. The van der Waals surface area contributed by atoms with Gasteiger partial charge in [0.25, 0.3) is 0 Å². The van der Waals surface area contributed by atoms with Gasteiger partial charge in [-0.15, -0.1) is 0 Å². The standard InChI is InChI=1S/C21H24FNO2S/c1-21(2,3)25-20(24)23-14-15-26-19(22)18(16-10-6-4-7-11-16)17-12-8-5-9-13-17/h4-13H,14-15H2,1-3H3,(H,23,24). The summed E-state index contributed by atoms with van der Waals surface area (Å²) in [5, 5.41) is 2.37. The van der Waals surface area contributed by atoms with Crippen molar-refractivity contribution in [3.8, 4) is 0 Å². The molecule has 0 saturated carbocycles. The van der Waals surface area contributed by atoms with E-state index >= 15 is 0 Å². The van der Waals surface area contributed by atoms with Crippen molar-refractivity contribution in [1.82, 2.24) is 5.32 Å². The maximum absolute atomic E-state index is 14.9. The first-order valence-corrected chi connectivity index (χ1v) is 9.45. The second kappa shape index (κ2) is 9.43. The number of benzene rings is 2. The molecule has 0 aliphatic carbocycles. The maximum Gasteiger partial charge on any atom is 0.407 e. The Morgan fingerprint density at radius 3 is 1.96 bits per heavy atom. The number of rotatable bonds is 6. The second-order valence-corrected chi connectivity index (χ2v) is 7.71. The highest BCUT2D eigenvalue weighted by molar-refractivity contribution is 8.03. The summed E-state index contributed by atoms with van der Waals surface area (Å²) in [6.07, 6.45) is -0.492. The average Bonchev–Trinajstić information content (AvgIpc) is 2.59. The molecule has 0 spiro atoms. The van der Waals surface area contributed by atoms with Crippen molar-refractivity contribution < 1.29 is 13.9 Å². The number of halogens is 1. The Balaban J connectivity index is 2.04. The van der Waals surface area contributed by atoms with Crippen molar-refractivity contribution >= 4 is 23.4 Å². The molecule has 138 valence electrons. The molecule has 2 aromatic carbocycles. The largest absolute Gasteiger partial charge is 0.444 e. The molecule has 2 rings (SSSR count). The highest BCUT2D eigenvalue weighted by Gasteiger charge is 2.16. The first-order chi connectivity index (χ1) is 12.4. The van der Waals surface area contributed by atoms with E-state index in [2.05, 4.69) is 5.32 Å². The molecule has 0 aliphatic heterocycles. The minimum atomic E-state index is -0.545. The van der Waals surface area contributed by atoms with Crippen LogP contribution in [0.25, 0.3) is 5.57 Å². The average molecular weight is 373 g/mol. The predicted molar refractivity (Wildman–Crippen MR) is 107 cm³/mol. The minimum Gasteiger partial charge on any atom is -0.444 e. The molecule has 2 aromatic rings. The van der Waals surface area contributed by atoms with E-state index in [0.29, 0.717) is 17.9 Å². The number of hydrogen-bond acceptors (Lipinski definition) is 3. The molecule has 0 bridgehead atoms. The van der Waals surface area contributed by atoms with Gasteiger partial charge in [0.15, 0.2) is 5.16 Å². The molecular weight excluding hydrogens is 349 g/mol. The molecule has 0 fully saturated rings. The van der Waals surface area contributed by atoms with E-state index in [1.807, 2.05) is 60.7 Å². The molecule has 0 saturated heterocycles. The van der Waals surface area contributed by atoms with Gasteiger partial charge in [0, 0.05) is 17.9 Å². The van der Waals surface area contributed by atoms with E-state index in [-0.39, 0.29) is 5.16 Å². The van der Waals surface area contributed by atoms with Crippen LogP contribution in [0.1, 0.15) is 31.9 Å². The number of alkyl carbamates (subject to hydrolysis) is 1. The van der Waals surface area contributed by atoms with Crippen LogP contribution in [0.2, 0.25) is 0 Å². The van der Waals surface area contributed by atoms with Gasteiger partial charge < -0.3 is 10.1 Å². The lowest BCUT2D eigenvalue weighted by atomic mass is 9.99. The van der Waals surface area contributed by atoms with Gasteiger partial charge in [-0.2, -0.15) is 4.39 Å². The summed E-state index contributed by atoms with van der Waals surface area (Å²) in [7, 11) is 0. The lowest BCUT2D eigenvalue weighted by Gasteiger charge is -2.19. The van der Waals surface area contributed by atoms with Crippen molar-refractivity contribution in [2.75, 3.05) is 12.3 Å². The molecule has 26 heavy (non-hydrogen) atoms. The van der Waals surface area contributed by atoms with Crippen LogP contribution in [0.15, 0.2) is 65.8 Å². The molecule has 0 unspecified atom stereocenters. The molecule has 0 aliphatic rings. The molecule has 0 aromatic heterocycles. The molecule has 0 heterocycles. The van der Waals surface area contributed by atoms with Crippen LogP contribution in [0.5, 0.6) is 0 Å². The SMILES string of the molecule is CC(C)(C)OC(=O)NCCSC(F)=C(c1ccccc1)c1ccccc1. The normalized spacial score (nSPS) is 10.9. The zero-order valence-corrected chi connectivity index (χ0v) is 16.1. The molecule has 1 N–H and O–H groups in total. The van der Waals surface area contributed by atoms with Crippen LogP contribution >= 0.6 is 11.8 Å². The van der Waals surface area contributed by atoms with Gasteiger partial charge in [-0.25, -0.2) is 4.79 Å². The zero-order chi connectivity index (χ0) is 19.0. The molecule has 3 nitrogen and oxygen atoms in total. The number of amides is 1. The van der Waals surface area contributed by atoms with Crippen molar-refractivity contribution in [3.63, 3.8) is 0 Å². The summed E-state index contributed by atoms with van der Waals surface area (Å²) in [5.41, 5.74) is 1.66. The van der Waals surface area contributed by atoms with Crippen molar-refractivity contribution in [2.24, 2.45) is 0 Å². The monoisotopic (exact) mass is 373 g/mol. The Bertz CT molecular complexity index is 698. The van der Waals surface area contributed by atoms with Crippen LogP contribution in [-0.4, -0.2) is 24.0 Å². The fourth-order valence-corrected chi connectivity index (χ4v) is 3.05. The number of nitrogens with one attached hydrogen (secondary N) is 1. The van der Waals surface area contributed by atoms with Crippen LogP contribution in [-0.2, 0) is 4.74 Å². The topological polar surface area (TPSA) is 38.3 Å². The Morgan fingerprint density at radius 1 is 1.00 bits per heavy atom. The Labute approximate surface area is 158 Å². The van der Waals surface area contributed by atoms with Gasteiger partial charge in [0.05, 0.1) is 0 Å². The maximum atomic E-state index is 14.9. The third-order valence-electron chi connectivity index (χ3n) is 3.32. The van der Waals surface area contributed by atoms with Crippen LogP contribution < -0.4 is 5.32 Å². The van der Waals surface area contributed by atoms with E-state index in [1.54, 1.807) is 20.8 Å². The van der Waals surface area contributed by atoms with Crippen LogP contribution in [0.4, 0.5) is 9.18 Å². The number of carbonyl (C=O) groups is 1. The van der Waals surface area contributed by atoms with E-state index in [4.69, 9.17) is 4.74 Å². The number of hydrogen-bond donors (Lipinski definition) is 1. The summed E-state index contributed by atoms with van der Waals surface area (Å²) in [6.45, 7) is 5.73.